The van der Waals surface area contributed by atoms with Gasteiger partial charge in [0.15, 0.2) is 0 Å². The van der Waals surface area contributed by atoms with Crippen LogP contribution in [-0.2, 0) is 0 Å². The van der Waals surface area contributed by atoms with Crippen LogP contribution in [0.15, 0.2) is 36.3 Å². The van der Waals surface area contributed by atoms with Gasteiger partial charge < -0.3 is 0 Å². The van der Waals surface area contributed by atoms with Crippen molar-refractivity contribution in [1.82, 2.24) is 0 Å². The Morgan fingerprint density at radius 3 is 3.00 bits per heavy atom. The van der Waals surface area contributed by atoms with E-state index in [0.717, 1.165) is 10.7 Å². The summed E-state index contributed by atoms with van der Waals surface area (Å²) in [5.41, 5.74) is 0. The van der Waals surface area contributed by atoms with E-state index in [1.165, 1.54) is 0 Å². The van der Waals surface area contributed by atoms with Crippen molar-refractivity contribution in [3.8, 4) is 5.75 Å². The van der Waals surface area contributed by atoms with Gasteiger partial charge in [0.1, 0.15) is 0 Å². The first-order valence-corrected chi connectivity index (χ1v) is 3.54. The zero-order valence-corrected chi connectivity index (χ0v) is 5.99. The molecule has 2 heteroatoms. The zero-order valence-electron chi connectivity index (χ0n) is 5.99. The Morgan fingerprint density at radius 1 is 1.18 bits per heavy atom. The minimum absolute atomic E-state index is 0.323. The quantitative estimate of drug-likeness (QED) is 0.595. The molecular weight excluding hydrogens is 135 g/mol. The van der Waals surface area contributed by atoms with Crippen molar-refractivity contribution in [1.29, 1.82) is 0 Å². The van der Waals surface area contributed by atoms with Gasteiger partial charge in [-0.05, 0) is 0 Å². The Kier molecular flexibility index (Phi) is 1.39. The summed E-state index contributed by atoms with van der Waals surface area (Å²) in [7, 11) is 0. The molecule has 0 saturated carbocycles. The molecule has 2 rings (SSSR count). The number of fused-ring (bicyclic) bond motifs is 1. The van der Waals surface area contributed by atoms with Gasteiger partial charge in [0.05, 0.1) is 0 Å². The summed E-state index contributed by atoms with van der Waals surface area (Å²) < 4.78 is 0. The van der Waals surface area contributed by atoms with Crippen LogP contribution >= 0.6 is 0 Å². The second-order valence-electron chi connectivity index (χ2n) is 2.53. The molecule has 0 unspecified atom stereocenters. The van der Waals surface area contributed by atoms with Crippen LogP contribution in [0.3, 0.4) is 0 Å². The standard InChI is InChI=1S/C9H7BO/c11-8-4-3-7-2-1-5-10-9(7)6-8/h1-6,11H. The fraction of sp³-hybridized carbons (Fsp3) is 0. The third-order valence-corrected chi connectivity index (χ3v) is 1.73. The van der Waals surface area contributed by atoms with Gasteiger partial charge >= 0.3 is 64.7 Å². The monoisotopic (exact) mass is 142 g/mol. The van der Waals surface area contributed by atoms with Gasteiger partial charge in [0.2, 0.25) is 0 Å². The van der Waals surface area contributed by atoms with Crippen molar-refractivity contribution in [3.63, 3.8) is 0 Å². The Morgan fingerprint density at radius 2 is 2.09 bits per heavy atom. The normalized spacial score (nSPS) is 9.82. The van der Waals surface area contributed by atoms with Crippen LogP contribution in [0.2, 0.25) is 0 Å². The van der Waals surface area contributed by atoms with Crippen molar-refractivity contribution in [3.05, 3.63) is 36.3 Å². The summed E-state index contributed by atoms with van der Waals surface area (Å²) >= 11 is 0. The molecule has 0 spiro atoms. The van der Waals surface area contributed by atoms with E-state index < -0.39 is 0 Å². The molecule has 0 aliphatic heterocycles. The van der Waals surface area contributed by atoms with Crippen LogP contribution in [0.5, 0.6) is 5.75 Å². The summed E-state index contributed by atoms with van der Waals surface area (Å²) in [6, 6.07) is 9.37. The first-order valence-electron chi connectivity index (χ1n) is 3.54. The van der Waals surface area contributed by atoms with Crippen molar-refractivity contribution in [2.24, 2.45) is 0 Å². The fourth-order valence-corrected chi connectivity index (χ4v) is 1.18. The van der Waals surface area contributed by atoms with E-state index in [4.69, 9.17) is 5.11 Å². The molecule has 0 radical (unpaired) electrons. The third-order valence-electron chi connectivity index (χ3n) is 1.73. The molecule has 0 bridgehead atoms. The van der Waals surface area contributed by atoms with Crippen LogP contribution in [0.4, 0.5) is 0 Å². The van der Waals surface area contributed by atoms with Gasteiger partial charge in [-0.15, -0.1) is 0 Å². The number of phenols is 1. The zero-order chi connectivity index (χ0) is 7.68. The van der Waals surface area contributed by atoms with Crippen molar-refractivity contribution < 1.29 is 5.11 Å². The first kappa shape index (κ1) is 6.41. The molecular formula is C9H7BO. The van der Waals surface area contributed by atoms with E-state index in [2.05, 4.69) is 0 Å². The molecule has 52 valence electrons. The Balaban J connectivity index is 2.83. The molecule has 0 aliphatic carbocycles. The number of benzene rings is 1. The predicted molar refractivity (Wildman–Crippen MR) is 47.0 cm³/mol. The number of aromatic hydroxyl groups is 1. The summed E-state index contributed by atoms with van der Waals surface area (Å²) in [5, 5.41) is 11.4. The number of phenolic OH excluding ortho intramolecular Hbond substituents is 1. The van der Waals surface area contributed by atoms with Crippen LogP contribution in [0.1, 0.15) is 0 Å². The molecule has 0 aliphatic rings. The number of rotatable bonds is 0. The molecule has 1 N–H and O–H groups in total. The van der Waals surface area contributed by atoms with E-state index >= 15 is 0 Å². The Bertz CT molecular complexity index is 384. The van der Waals surface area contributed by atoms with Crippen molar-refractivity contribution in [2.45, 2.75) is 0 Å². The average Bonchev–Trinajstić information content (AvgIpc) is 2.04. The molecule has 0 saturated heterocycles. The predicted octanol–water partition coefficient (Wildman–Crippen LogP) is 1.88. The number of hydrogen-bond acceptors (Lipinski definition) is 1. The molecule has 2 aromatic rings. The molecule has 1 aromatic heterocycles. The fourth-order valence-electron chi connectivity index (χ4n) is 1.18. The van der Waals surface area contributed by atoms with Crippen molar-refractivity contribution >= 4 is 17.6 Å². The molecule has 0 fully saturated rings. The Hall–Kier alpha value is -1.31. The minimum atomic E-state index is 0.323. The Labute approximate surface area is 65.5 Å². The summed E-state index contributed by atoms with van der Waals surface area (Å²) in [6.07, 6.45) is 0. The maximum atomic E-state index is 9.13. The molecule has 0 atom stereocenters. The van der Waals surface area contributed by atoms with E-state index in [0.29, 0.717) is 5.75 Å². The van der Waals surface area contributed by atoms with E-state index in [-0.39, 0.29) is 0 Å². The number of hydrogen-bond donors (Lipinski definition) is 1. The molecule has 11 heavy (non-hydrogen) atoms. The van der Waals surface area contributed by atoms with Crippen LogP contribution in [0, 0.1) is 0 Å². The summed E-state index contributed by atoms with van der Waals surface area (Å²) in [6.45, 7) is 1.98. The van der Waals surface area contributed by atoms with Gasteiger partial charge in [0, 0.05) is 0 Å². The van der Waals surface area contributed by atoms with Gasteiger partial charge in [-0.3, -0.25) is 0 Å². The second kappa shape index (κ2) is 2.38. The van der Waals surface area contributed by atoms with Gasteiger partial charge in [-0.25, -0.2) is 0 Å². The molecule has 1 heterocycles. The summed E-state index contributed by atoms with van der Waals surface area (Å²) in [5.74, 6) is 2.28. The van der Waals surface area contributed by atoms with E-state index in [1.807, 2.05) is 31.1 Å². The van der Waals surface area contributed by atoms with E-state index in [1.54, 1.807) is 12.1 Å². The van der Waals surface area contributed by atoms with E-state index in [9.17, 15) is 0 Å². The van der Waals surface area contributed by atoms with Gasteiger partial charge in [-0.1, -0.05) is 0 Å². The third kappa shape index (κ3) is 1.12. The molecule has 1 nitrogen and oxygen atoms in total. The van der Waals surface area contributed by atoms with Crippen molar-refractivity contribution in [2.75, 3.05) is 0 Å². The first-order chi connectivity index (χ1) is 5.36. The van der Waals surface area contributed by atoms with Gasteiger partial charge in [-0.2, -0.15) is 0 Å². The molecule has 0 amide bonds. The maximum absolute atomic E-state index is 9.13. The average molecular weight is 142 g/mol. The second-order valence-corrected chi connectivity index (χ2v) is 2.53. The van der Waals surface area contributed by atoms with Crippen LogP contribution in [-0.4, -0.2) is 12.0 Å². The topological polar surface area (TPSA) is 20.2 Å². The van der Waals surface area contributed by atoms with Crippen LogP contribution in [0.25, 0.3) is 10.7 Å². The van der Waals surface area contributed by atoms with Gasteiger partial charge in [0.25, 0.3) is 0 Å². The molecule has 1 aromatic carbocycles. The SMILES string of the molecule is Oc1ccc2cccbc2c1. The summed E-state index contributed by atoms with van der Waals surface area (Å²) in [4.78, 5) is 0. The van der Waals surface area contributed by atoms with Crippen LogP contribution < -0.4 is 0 Å².